The van der Waals surface area contributed by atoms with Crippen molar-refractivity contribution in [3.05, 3.63) is 0 Å². The number of nitrogens with zero attached hydrogens (tertiary/aromatic N) is 1. The quantitative estimate of drug-likeness (QED) is 0.0486. The maximum absolute atomic E-state index is 11.4. The summed E-state index contributed by atoms with van der Waals surface area (Å²) in [6, 6.07) is 0. The lowest BCUT2D eigenvalue weighted by atomic mass is 9.89. The van der Waals surface area contributed by atoms with Crippen LogP contribution in [0.4, 0.5) is 0 Å². The van der Waals surface area contributed by atoms with E-state index in [-0.39, 0.29) is 19.0 Å². The van der Waals surface area contributed by atoms with Gasteiger partial charge in [0.1, 0.15) is 0 Å². The summed E-state index contributed by atoms with van der Waals surface area (Å²) in [4.78, 5) is 2.26. The molecule has 0 fully saturated rings. The van der Waals surface area contributed by atoms with Crippen molar-refractivity contribution < 1.29 is 24.8 Å². The Morgan fingerprint density at radius 1 is 0.545 bits per heavy atom. The van der Waals surface area contributed by atoms with Crippen LogP contribution in [0.15, 0.2) is 0 Å². The van der Waals surface area contributed by atoms with Crippen LogP contribution in [0.3, 0.4) is 0 Å². The van der Waals surface area contributed by atoms with Crippen LogP contribution in [0, 0.1) is 17.8 Å². The van der Waals surface area contributed by atoms with Crippen molar-refractivity contribution in [2.75, 3.05) is 39.5 Å². The highest BCUT2D eigenvalue weighted by molar-refractivity contribution is 4.76. The van der Waals surface area contributed by atoms with E-state index in [0.29, 0.717) is 30.8 Å². The highest BCUT2D eigenvalue weighted by Gasteiger charge is 2.23. The van der Waals surface area contributed by atoms with E-state index in [1.54, 1.807) is 0 Å². The van der Waals surface area contributed by atoms with Crippen molar-refractivity contribution in [1.29, 1.82) is 0 Å². The molecule has 0 aromatic heterocycles. The van der Waals surface area contributed by atoms with Crippen LogP contribution in [0.1, 0.15) is 170 Å². The van der Waals surface area contributed by atoms with Gasteiger partial charge in [0.05, 0.1) is 25.4 Å². The minimum atomic E-state index is -0.418. The third kappa shape index (κ3) is 24.0. The Bertz CT molecular complexity index is 543. The van der Waals surface area contributed by atoms with Gasteiger partial charge in [0.25, 0.3) is 0 Å². The first-order valence-corrected chi connectivity index (χ1v) is 19.3. The van der Waals surface area contributed by atoms with Crippen molar-refractivity contribution in [2.24, 2.45) is 17.8 Å². The van der Waals surface area contributed by atoms with Gasteiger partial charge in [-0.05, 0) is 69.2 Å². The van der Waals surface area contributed by atoms with Gasteiger partial charge in [0, 0.05) is 19.7 Å². The van der Waals surface area contributed by atoms with E-state index in [9.17, 15) is 15.3 Å². The van der Waals surface area contributed by atoms with Gasteiger partial charge >= 0.3 is 0 Å². The number of unbranched alkanes of at least 4 members (excludes halogenated alkanes) is 8. The SMILES string of the molecule is CCCCCCC(CCCCCC)[C@H](O)CN(CCCCO)CC(O)CCCCC(OCC(CC)CC)OCC(CC)CC. The molecule has 0 heterocycles. The minimum absolute atomic E-state index is 0.162. The molecular formula is C38H79NO5. The molecule has 0 aliphatic heterocycles. The summed E-state index contributed by atoms with van der Waals surface area (Å²) in [6.07, 6.45) is 20.8. The topological polar surface area (TPSA) is 82.4 Å². The van der Waals surface area contributed by atoms with E-state index in [1.165, 1.54) is 51.4 Å². The molecule has 0 aliphatic carbocycles. The smallest absolute Gasteiger partial charge is 0.157 e. The molecule has 266 valence electrons. The van der Waals surface area contributed by atoms with Crippen LogP contribution < -0.4 is 0 Å². The zero-order valence-electron chi connectivity index (χ0n) is 30.5. The molecule has 0 radical (unpaired) electrons. The lowest BCUT2D eigenvalue weighted by molar-refractivity contribution is -0.161. The molecule has 0 aromatic carbocycles. The molecule has 44 heavy (non-hydrogen) atoms. The summed E-state index contributed by atoms with van der Waals surface area (Å²) in [6.45, 7) is 17.1. The first kappa shape index (κ1) is 43.8. The van der Waals surface area contributed by atoms with Crippen molar-refractivity contribution in [3.8, 4) is 0 Å². The first-order chi connectivity index (χ1) is 21.4. The molecule has 6 nitrogen and oxygen atoms in total. The molecule has 0 bridgehead atoms. The van der Waals surface area contributed by atoms with Gasteiger partial charge in [0.15, 0.2) is 6.29 Å². The van der Waals surface area contributed by atoms with Crippen LogP contribution in [0.2, 0.25) is 0 Å². The van der Waals surface area contributed by atoms with Crippen molar-refractivity contribution >= 4 is 0 Å². The van der Waals surface area contributed by atoms with Gasteiger partial charge in [-0.3, -0.25) is 4.90 Å². The predicted octanol–water partition coefficient (Wildman–Crippen LogP) is 9.13. The first-order valence-electron chi connectivity index (χ1n) is 19.3. The zero-order valence-corrected chi connectivity index (χ0v) is 30.5. The molecule has 0 saturated heterocycles. The van der Waals surface area contributed by atoms with Crippen molar-refractivity contribution in [2.45, 2.75) is 188 Å². The second-order valence-corrected chi connectivity index (χ2v) is 13.6. The van der Waals surface area contributed by atoms with Gasteiger partial charge < -0.3 is 24.8 Å². The standard InChI is InChI=1S/C38H79NO5/c1-7-13-15-17-23-35(24-18-16-14-8-2)37(42)30-39(27-21-22-28-40)29-36(41)25-19-20-26-38(43-31-33(9-3)10-4)44-32-34(11-5)12-6/h33-38,40-42H,7-32H2,1-6H3/t36?,37-/m1/s1. The van der Waals surface area contributed by atoms with Gasteiger partial charge in [-0.1, -0.05) is 125 Å². The molecule has 0 aromatic rings. The fourth-order valence-electron chi connectivity index (χ4n) is 6.14. The number of ether oxygens (including phenoxy) is 2. The summed E-state index contributed by atoms with van der Waals surface area (Å²) < 4.78 is 12.5. The van der Waals surface area contributed by atoms with Crippen LogP contribution >= 0.6 is 0 Å². The molecule has 6 heteroatoms. The maximum atomic E-state index is 11.4. The third-order valence-electron chi connectivity index (χ3n) is 9.77. The molecule has 2 atom stereocenters. The molecule has 3 N–H and O–H groups in total. The second kappa shape index (κ2) is 31.4. The van der Waals surface area contributed by atoms with Gasteiger partial charge in [0.2, 0.25) is 0 Å². The van der Waals surface area contributed by atoms with Crippen LogP contribution in [0.25, 0.3) is 0 Å². The Balaban J connectivity index is 4.98. The summed E-state index contributed by atoms with van der Waals surface area (Å²) >= 11 is 0. The fourth-order valence-corrected chi connectivity index (χ4v) is 6.14. The van der Waals surface area contributed by atoms with Crippen molar-refractivity contribution in [3.63, 3.8) is 0 Å². The lowest BCUT2D eigenvalue weighted by Gasteiger charge is -2.31. The normalized spacial score (nSPS) is 13.8. The number of hydrogen-bond acceptors (Lipinski definition) is 6. The molecule has 0 saturated carbocycles. The predicted molar refractivity (Wildman–Crippen MR) is 188 cm³/mol. The number of aliphatic hydroxyl groups excluding tert-OH is 3. The second-order valence-electron chi connectivity index (χ2n) is 13.6. The Labute approximate surface area is 275 Å². The Hall–Kier alpha value is -0.240. The fraction of sp³-hybridized carbons (Fsp3) is 1.00. The highest BCUT2D eigenvalue weighted by atomic mass is 16.7. The molecule has 0 aliphatic rings. The summed E-state index contributed by atoms with van der Waals surface area (Å²) in [5, 5.41) is 31.8. The monoisotopic (exact) mass is 630 g/mol. The van der Waals surface area contributed by atoms with Crippen LogP contribution in [0.5, 0.6) is 0 Å². The van der Waals surface area contributed by atoms with Gasteiger partial charge in [-0.15, -0.1) is 0 Å². The zero-order chi connectivity index (χ0) is 32.8. The summed E-state index contributed by atoms with van der Waals surface area (Å²) in [5.74, 6) is 1.49. The number of hydrogen-bond donors (Lipinski definition) is 3. The largest absolute Gasteiger partial charge is 0.396 e. The Morgan fingerprint density at radius 3 is 1.52 bits per heavy atom. The van der Waals surface area contributed by atoms with Gasteiger partial charge in [-0.25, -0.2) is 0 Å². The van der Waals surface area contributed by atoms with Gasteiger partial charge in [-0.2, -0.15) is 0 Å². The highest BCUT2D eigenvalue weighted by Crippen LogP contribution is 2.23. The molecule has 0 spiro atoms. The molecule has 0 amide bonds. The summed E-state index contributed by atoms with van der Waals surface area (Å²) in [7, 11) is 0. The maximum Gasteiger partial charge on any atom is 0.157 e. The average molecular weight is 630 g/mol. The summed E-state index contributed by atoms with van der Waals surface area (Å²) in [5.41, 5.74) is 0. The Morgan fingerprint density at radius 2 is 1.05 bits per heavy atom. The van der Waals surface area contributed by atoms with Crippen LogP contribution in [-0.4, -0.2) is 78.2 Å². The van der Waals surface area contributed by atoms with E-state index in [1.807, 2.05) is 0 Å². The van der Waals surface area contributed by atoms with Crippen LogP contribution in [-0.2, 0) is 9.47 Å². The molecule has 0 rings (SSSR count). The lowest BCUT2D eigenvalue weighted by Crippen LogP contribution is -2.41. The minimum Gasteiger partial charge on any atom is -0.396 e. The van der Waals surface area contributed by atoms with Crippen molar-refractivity contribution in [1.82, 2.24) is 4.90 Å². The molecule has 1 unspecified atom stereocenters. The van der Waals surface area contributed by atoms with E-state index in [0.717, 1.165) is 96.8 Å². The third-order valence-corrected chi connectivity index (χ3v) is 9.77. The Kier molecular flexibility index (Phi) is 31.2. The van der Waals surface area contributed by atoms with E-state index >= 15 is 0 Å². The molecular weight excluding hydrogens is 550 g/mol. The van der Waals surface area contributed by atoms with E-state index < -0.39 is 6.10 Å². The average Bonchev–Trinajstić information content (AvgIpc) is 3.02. The van der Waals surface area contributed by atoms with E-state index in [4.69, 9.17) is 9.47 Å². The number of rotatable bonds is 34. The number of aliphatic hydroxyl groups is 3. The van der Waals surface area contributed by atoms with E-state index in [2.05, 4.69) is 46.4 Å².